The van der Waals surface area contributed by atoms with Crippen molar-refractivity contribution in [3.63, 3.8) is 0 Å². The Morgan fingerprint density at radius 3 is 2.74 bits per heavy atom. The second-order valence-electron chi connectivity index (χ2n) is 4.53. The molecular weight excluding hydrogens is 318 g/mol. The minimum absolute atomic E-state index is 0.0441. The fraction of sp³-hybridized carbons (Fsp3) is 0.267. The molecule has 2 aromatic rings. The molecule has 0 spiro atoms. The van der Waals surface area contributed by atoms with Gasteiger partial charge in [0.15, 0.2) is 0 Å². The number of carbonyl (C=O) groups excluding carboxylic acids is 1. The predicted octanol–water partition coefficient (Wildman–Crippen LogP) is 1.90. The summed E-state index contributed by atoms with van der Waals surface area (Å²) in [7, 11) is 3.03. The average Bonchev–Trinajstić information content (AvgIpc) is 2.54. The Hall–Kier alpha value is -2.48. The molecule has 0 atom stereocenters. The number of ether oxygens (including phenoxy) is 2. The van der Waals surface area contributed by atoms with E-state index < -0.39 is 5.91 Å². The monoisotopic (exact) mass is 335 g/mol. The number of nitrogens with one attached hydrogen (secondary N) is 2. The summed E-state index contributed by atoms with van der Waals surface area (Å²) in [5.41, 5.74) is 0.111. The third-order valence-corrected chi connectivity index (χ3v) is 3.52. The fourth-order valence-electron chi connectivity index (χ4n) is 1.93. The summed E-state index contributed by atoms with van der Waals surface area (Å²) in [5, 5.41) is 2.68. The number of carbonyl (C=O) groups is 1. The van der Waals surface area contributed by atoms with Crippen LogP contribution in [0.5, 0.6) is 11.5 Å². The summed E-state index contributed by atoms with van der Waals surface area (Å²) in [6.07, 6.45) is 1.88. The summed E-state index contributed by atoms with van der Waals surface area (Å²) >= 11 is 1.50. The molecule has 0 bridgehead atoms. The van der Waals surface area contributed by atoms with E-state index in [0.717, 1.165) is 6.07 Å². The van der Waals surface area contributed by atoms with Gasteiger partial charge in [0, 0.05) is 12.1 Å². The van der Waals surface area contributed by atoms with Gasteiger partial charge in [-0.05, 0) is 18.4 Å². The predicted molar refractivity (Wildman–Crippen MR) is 89.6 cm³/mol. The van der Waals surface area contributed by atoms with Gasteiger partial charge in [0.25, 0.3) is 11.5 Å². The van der Waals surface area contributed by atoms with E-state index in [4.69, 9.17) is 9.47 Å². The number of H-pyrrole nitrogens is 1. The van der Waals surface area contributed by atoms with Gasteiger partial charge in [-0.3, -0.25) is 9.59 Å². The molecule has 2 rings (SSSR count). The molecule has 2 N–H and O–H groups in total. The molecule has 0 saturated heterocycles. The average molecular weight is 335 g/mol. The number of hydrogen-bond donors (Lipinski definition) is 2. The van der Waals surface area contributed by atoms with Crippen molar-refractivity contribution in [3.8, 4) is 11.5 Å². The first-order valence-corrected chi connectivity index (χ1v) is 8.09. The number of anilines is 1. The van der Waals surface area contributed by atoms with Crippen LogP contribution in [0, 0.1) is 0 Å². The lowest BCUT2D eigenvalue weighted by molar-refractivity contribution is 0.102. The van der Waals surface area contributed by atoms with Crippen molar-refractivity contribution in [1.29, 1.82) is 0 Å². The maximum atomic E-state index is 12.4. The highest BCUT2D eigenvalue weighted by molar-refractivity contribution is 7.97. The number of benzene rings is 1. The van der Waals surface area contributed by atoms with Crippen molar-refractivity contribution in [2.75, 3.05) is 25.8 Å². The van der Waals surface area contributed by atoms with Crippen LogP contribution in [0.1, 0.15) is 16.3 Å². The topological polar surface area (TPSA) is 93.3 Å². The maximum Gasteiger partial charge on any atom is 0.274 e. The Morgan fingerprint density at radius 2 is 2.09 bits per heavy atom. The molecule has 122 valence electrons. The van der Waals surface area contributed by atoms with Crippen molar-refractivity contribution in [2.24, 2.45) is 0 Å². The van der Waals surface area contributed by atoms with Crippen LogP contribution in [0.25, 0.3) is 0 Å². The van der Waals surface area contributed by atoms with Crippen LogP contribution >= 0.6 is 11.8 Å². The molecule has 1 heterocycles. The molecule has 0 aliphatic carbocycles. The lowest BCUT2D eigenvalue weighted by atomic mass is 10.2. The van der Waals surface area contributed by atoms with Gasteiger partial charge in [-0.1, -0.05) is 0 Å². The van der Waals surface area contributed by atoms with E-state index >= 15 is 0 Å². The molecule has 0 saturated carbocycles. The molecule has 1 aromatic carbocycles. The second kappa shape index (κ2) is 7.68. The van der Waals surface area contributed by atoms with Gasteiger partial charge in [-0.2, -0.15) is 11.8 Å². The molecule has 23 heavy (non-hydrogen) atoms. The third-order valence-electron chi connectivity index (χ3n) is 2.96. The smallest absolute Gasteiger partial charge is 0.274 e. The molecule has 0 fully saturated rings. The number of aromatic amines is 1. The number of rotatable bonds is 6. The van der Waals surface area contributed by atoms with Crippen molar-refractivity contribution < 1.29 is 14.3 Å². The van der Waals surface area contributed by atoms with Crippen LogP contribution in [0.4, 0.5) is 5.69 Å². The van der Waals surface area contributed by atoms with Gasteiger partial charge in [-0.25, -0.2) is 4.98 Å². The molecule has 1 amide bonds. The van der Waals surface area contributed by atoms with Crippen LogP contribution in [-0.4, -0.2) is 36.4 Å². The SMILES string of the molecule is COc1ccc(OC)c(NC(=O)c2cc(=O)[nH]c(CSC)n2)c1. The summed E-state index contributed by atoms with van der Waals surface area (Å²) in [6, 6.07) is 6.19. The zero-order chi connectivity index (χ0) is 16.8. The number of aromatic nitrogens is 2. The van der Waals surface area contributed by atoms with Crippen molar-refractivity contribution >= 4 is 23.4 Å². The van der Waals surface area contributed by atoms with E-state index in [1.54, 1.807) is 18.2 Å². The molecule has 7 nitrogen and oxygen atoms in total. The van der Waals surface area contributed by atoms with Gasteiger partial charge < -0.3 is 19.8 Å². The van der Waals surface area contributed by atoms with Crippen molar-refractivity contribution in [1.82, 2.24) is 9.97 Å². The first-order valence-electron chi connectivity index (χ1n) is 6.70. The van der Waals surface area contributed by atoms with E-state index in [-0.39, 0.29) is 11.3 Å². The number of amides is 1. The first-order chi connectivity index (χ1) is 11.1. The Morgan fingerprint density at radius 1 is 1.30 bits per heavy atom. The summed E-state index contributed by atoms with van der Waals surface area (Å²) in [6.45, 7) is 0. The number of thioether (sulfide) groups is 1. The Kier molecular flexibility index (Phi) is 5.64. The molecular formula is C15H17N3O4S. The minimum atomic E-state index is -0.495. The van der Waals surface area contributed by atoms with Gasteiger partial charge in [0.2, 0.25) is 0 Å². The Labute approximate surface area is 137 Å². The largest absolute Gasteiger partial charge is 0.497 e. The van der Waals surface area contributed by atoms with Crippen molar-refractivity contribution in [3.05, 3.63) is 46.1 Å². The standard InChI is InChI=1S/C15H17N3O4S/c1-21-9-4-5-12(22-2)10(6-9)17-15(20)11-7-14(19)18-13(16-11)8-23-3/h4-7H,8H2,1-3H3,(H,17,20)(H,16,18,19). The maximum absolute atomic E-state index is 12.4. The second-order valence-corrected chi connectivity index (χ2v) is 5.40. The van der Waals surface area contributed by atoms with E-state index in [1.807, 2.05) is 6.26 Å². The van der Waals surface area contributed by atoms with Crippen LogP contribution < -0.4 is 20.3 Å². The van der Waals surface area contributed by atoms with Gasteiger partial charge >= 0.3 is 0 Å². The van der Waals surface area contributed by atoms with Crippen LogP contribution in [0.15, 0.2) is 29.1 Å². The van der Waals surface area contributed by atoms with E-state index in [0.29, 0.717) is 28.8 Å². The highest BCUT2D eigenvalue weighted by Crippen LogP contribution is 2.29. The lowest BCUT2D eigenvalue weighted by Crippen LogP contribution is -2.20. The molecule has 0 radical (unpaired) electrons. The summed E-state index contributed by atoms with van der Waals surface area (Å²) in [5.74, 6) is 1.52. The van der Waals surface area contributed by atoms with Crippen LogP contribution in [-0.2, 0) is 5.75 Å². The quantitative estimate of drug-likeness (QED) is 0.837. The Bertz CT molecular complexity index is 761. The van der Waals surface area contributed by atoms with E-state index in [1.165, 1.54) is 26.0 Å². The third kappa shape index (κ3) is 4.26. The number of nitrogens with zero attached hydrogens (tertiary/aromatic N) is 1. The zero-order valence-electron chi connectivity index (χ0n) is 13.0. The highest BCUT2D eigenvalue weighted by atomic mass is 32.2. The Balaban J connectivity index is 2.30. The normalized spacial score (nSPS) is 10.2. The van der Waals surface area contributed by atoms with E-state index in [2.05, 4.69) is 15.3 Å². The van der Waals surface area contributed by atoms with Crippen LogP contribution in [0.3, 0.4) is 0 Å². The van der Waals surface area contributed by atoms with Crippen molar-refractivity contribution in [2.45, 2.75) is 5.75 Å². The van der Waals surface area contributed by atoms with Crippen LogP contribution in [0.2, 0.25) is 0 Å². The minimum Gasteiger partial charge on any atom is -0.497 e. The summed E-state index contributed by atoms with van der Waals surface area (Å²) < 4.78 is 10.3. The molecule has 1 aromatic heterocycles. The molecule has 0 aliphatic rings. The summed E-state index contributed by atoms with van der Waals surface area (Å²) in [4.78, 5) is 30.8. The zero-order valence-corrected chi connectivity index (χ0v) is 13.8. The fourth-order valence-corrected chi connectivity index (χ4v) is 2.34. The molecule has 0 aliphatic heterocycles. The number of hydrogen-bond acceptors (Lipinski definition) is 6. The molecule has 0 unspecified atom stereocenters. The molecule has 8 heteroatoms. The lowest BCUT2D eigenvalue weighted by Gasteiger charge is -2.11. The van der Waals surface area contributed by atoms with E-state index in [9.17, 15) is 9.59 Å². The van der Waals surface area contributed by atoms with Gasteiger partial charge in [-0.15, -0.1) is 0 Å². The number of methoxy groups -OCH3 is 2. The van der Waals surface area contributed by atoms with Gasteiger partial charge in [0.1, 0.15) is 23.0 Å². The first kappa shape index (κ1) is 16.9. The highest BCUT2D eigenvalue weighted by Gasteiger charge is 2.14. The van der Waals surface area contributed by atoms with Gasteiger partial charge in [0.05, 0.1) is 25.7 Å².